The summed E-state index contributed by atoms with van der Waals surface area (Å²) in [6.07, 6.45) is -5.26. The Labute approximate surface area is 148 Å². The molecule has 0 saturated carbocycles. The van der Waals surface area contributed by atoms with Gasteiger partial charge in [0.1, 0.15) is 0 Å². The second kappa shape index (κ2) is 6.39. The summed E-state index contributed by atoms with van der Waals surface area (Å²) in [4.78, 5) is 3.59. The zero-order valence-corrected chi connectivity index (χ0v) is 13.9. The minimum Gasteiger partial charge on any atom is -0.460 e. The molecule has 0 fully saturated rings. The highest BCUT2D eigenvalue weighted by Gasteiger charge is 2.50. The summed E-state index contributed by atoms with van der Waals surface area (Å²) in [6.45, 7) is 1.49. The Morgan fingerprint density at radius 2 is 1.78 bits per heavy atom. The smallest absolute Gasteiger partial charge is 0.427 e. The summed E-state index contributed by atoms with van der Waals surface area (Å²) in [5.41, 5.74) is -2.04. The highest BCUT2D eigenvalue weighted by molar-refractivity contribution is 5.64. The van der Waals surface area contributed by atoms with Gasteiger partial charge in [0.2, 0.25) is 5.82 Å². The van der Waals surface area contributed by atoms with Crippen LogP contribution >= 0.6 is 0 Å². The molecule has 144 valence electrons. The van der Waals surface area contributed by atoms with Crippen LogP contribution < -0.4 is 4.74 Å². The molecule has 0 aliphatic heterocycles. The number of rotatable bonds is 4. The van der Waals surface area contributed by atoms with Crippen LogP contribution in [0.3, 0.4) is 0 Å². The van der Waals surface area contributed by atoms with E-state index in [9.17, 15) is 26.3 Å². The molecular formula is C16H12F6N4O. The van der Waals surface area contributed by atoms with Crippen molar-refractivity contribution >= 4 is 5.65 Å². The van der Waals surface area contributed by atoms with Gasteiger partial charge in [0.25, 0.3) is 12.3 Å². The number of hydrogen-bond donors (Lipinski definition) is 0. The number of alkyl halides is 5. The Morgan fingerprint density at radius 3 is 2.37 bits per heavy atom. The lowest BCUT2D eigenvalue weighted by atomic mass is 10.1. The molecule has 3 aromatic heterocycles. The van der Waals surface area contributed by atoms with Crippen molar-refractivity contribution in [2.24, 2.45) is 0 Å². The number of pyridine rings is 2. The minimum absolute atomic E-state index is 0.153. The van der Waals surface area contributed by atoms with Gasteiger partial charge in [0, 0.05) is 23.5 Å². The van der Waals surface area contributed by atoms with E-state index in [0.717, 1.165) is 30.5 Å². The lowest BCUT2D eigenvalue weighted by Crippen LogP contribution is -2.45. The summed E-state index contributed by atoms with van der Waals surface area (Å²) in [7, 11) is 0. The van der Waals surface area contributed by atoms with E-state index in [1.807, 2.05) is 0 Å². The third-order valence-corrected chi connectivity index (χ3v) is 3.80. The molecule has 0 N–H and O–H groups in total. The average Bonchev–Trinajstić information content (AvgIpc) is 2.98. The van der Waals surface area contributed by atoms with Gasteiger partial charge in [-0.05, 0) is 32.0 Å². The minimum atomic E-state index is -4.73. The molecule has 0 spiro atoms. The van der Waals surface area contributed by atoms with Gasteiger partial charge in [-0.15, -0.1) is 10.2 Å². The Bertz CT molecular complexity index is 983. The Hall–Kier alpha value is -2.85. The van der Waals surface area contributed by atoms with E-state index in [1.54, 1.807) is 0 Å². The molecule has 0 radical (unpaired) electrons. The molecule has 0 aromatic carbocycles. The van der Waals surface area contributed by atoms with Crippen LogP contribution in [0.1, 0.15) is 26.1 Å². The molecule has 5 nitrogen and oxygen atoms in total. The maximum Gasteiger partial charge on any atom is 0.427 e. The van der Waals surface area contributed by atoms with Gasteiger partial charge in [-0.1, -0.05) is 0 Å². The maximum absolute atomic E-state index is 14.2. The number of halogens is 6. The first kappa shape index (κ1) is 18.9. The lowest BCUT2D eigenvalue weighted by molar-refractivity contribution is -0.235. The van der Waals surface area contributed by atoms with Crippen LogP contribution in [0.5, 0.6) is 5.88 Å². The van der Waals surface area contributed by atoms with Gasteiger partial charge >= 0.3 is 6.18 Å². The normalized spacial score (nSPS) is 12.8. The fourth-order valence-corrected chi connectivity index (χ4v) is 2.19. The van der Waals surface area contributed by atoms with Crippen molar-refractivity contribution in [1.29, 1.82) is 0 Å². The molecule has 0 bridgehead atoms. The topological polar surface area (TPSA) is 52.3 Å². The summed E-state index contributed by atoms with van der Waals surface area (Å²) in [5.74, 6) is -2.53. The number of nitrogens with zero attached hydrogens (tertiary/aromatic N) is 4. The van der Waals surface area contributed by atoms with E-state index >= 15 is 0 Å². The molecule has 0 aliphatic rings. The summed E-state index contributed by atoms with van der Waals surface area (Å²) < 4.78 is 84.4. The summed E-state index contributed by atoms with van der Waals surface area (Å²) in [6, 6.07) is 3.77. The molecule has 11 heteroatoms. The predicted octanol–water partition coefficient (Wildman–Crippen LogP) is 4.59. The lowest BCUT2D eigenvalue weighted by Gasteiger charge is -2.28. The quantitative estimate of drug-likeness (QED) is 0.612. The number of hydrogen-bond acceptors (Lipinski definition) is 4. The molecule has 0 aliphatic carbocycles. The maximum atomic E-state index is 14.2. The Kier molecular flexibility index (Phi) is 4.48. The fraction of sp³-hybridized carbons (Fsp3) is 0.312. The van der Waals surface area contributed by atoms with Crippen molar-refractivity contribution in [1.82, 2.24) is 19.6 Å². The van der Waals surface area contributed by atoms with Gasteiger partial charge in [-0.3, -0.25) is 4.40 Å². The van der Waals surface area contributed by atoms with Crippen molar-refractivity contribution in [2.75, 3.05) is 0 Å². The Balaban J connectivity index is 1.96. The van der Waals surface area contributed by atoms with Crippen molar-refractivity contribution in [2.45, 2.75) is 32.1 Å². The van der Waals surface area contributed by atoms with E-state index in [1.165, 1.54) is 18.3 Å². The summed E-state index contributed by atoms with van der Waals surface area (Å²) in [5, 5.41) is 6.96. The van der Waals surface area contributed by atoms with E-state index in [2.05, 4.69) is 19.9 Å². The zero-order valence-electron chi connectivity index (χ0n) is 13.9. The number of ether oxygens (including phenoxy) is 1. The highest BCUT2D eigenvalue weighted by Crippen LogP contribution is 2.35. The first-order valence-corrected chi connectivity index (χ1v) is 7.54. The molecule has 3 rings (SSSR count). The third-order valence-electron chi connectivity index (χ3n) is 3.80. The molecule has 0 saturated heterocycles. The second-order valence-electron chi connectivity index (χ2n) is 6.13. The molecule has 0 atom stereocenters. The standard InChI is InChI=1S/C16H12F6N4O/c1-15(2,16(20,21)22)27-14-10(17)5-9(6-23-14)8-3-4-11-24-25-13(12(18)19)26(11)7-8/h3-7,12H,1-2H3. The van der Waals surface area contributed by atoms with E-state index < -0.39 is 35.7 Å². The van der Waals surface area contributed by atoms with Crippen molar-refractivity contribution in [3.63, 3.8) is 0 Å². The van der Waals surface area contributed by atoms with Crippen LogP contribution in [-0.4, -0.2) is 31.4 Å². The van der Waals surface area contributed by atoms with Crippen LogP contribution in [0, 0.1) is 5.82 Å². The van der Waals surface area contributed by atoms with Crippen molar-refractivity contribution in [3.05, 3.63) is 42.2 Å². The Morgan fingerprint density at radius 1 is 1.07 bits per heavy atom. The molecular weight excluding hydrogens is 378 g/mol. The van der Waals surface area contributed by atoms with E-state index in [0.29, 0.717) is 0 Å². The van der Waals surface area contributed by atoms with Gasteiger partial charge < -0.3 is 4.74 Å². The zero-order chi connectivity index (χ0) is 20.0. The van der Waals surface area contributed by atoms with Crippen LogP contribution in [0.4, 0.5) is 26.3 Å². The first-order chi connectivity index (χ1) is 12.5. The van der Waals surface area contributed by atoms with Crippen LogP contribution in [-0.2, 0) is 0 Å². The van der Waals surface area contributed by atoms with E-state index in [-0.39, 0.29) is 16.8 Å². The monoisotopic (exact) mass is 390 g/mol. The second-order valence-corrected chi connectivity index (χ2v) is 6.13. The fourth-order valence-electron chi connectivity index (χ4n) is 2.19. The van der Waals surface area contributed by atoms with Gasteiger partial charge in [0.05, 0.1) is 0 Å². The van der Waals surface area contributed by atoms with Gasteiger partial charge in [0.15, 0.2) is 17.1 Å². The van der Waals surface area contributed by atoms with Gasteiger partial charge in [-0.2, -0.15) is 13.2 Å². The highest BCUT2D eigenvalue weighted by atomic mass is 19.4. The summed E-state index contributed by atoms with van der Waals surface area (Å²) >= 11 is 0. The SMILES string of the molecule is CC(C)(Oc1ncc(-c2ccc3nnc(C(F)F)n3c2)cc1F)C(F)(F)F. The van der Waals surface area contributed by atoms with Crippen molar-refractivity contribution in [3.8, 4) is 17.0 Å². The largest absolute Gasteiger partial charge is 0.460 e. The van der Waals surface area contributed by atoms with Crippen LogP contribution in [0.25, 0.3) is 16.8 Å². The number of fused-ring (bicyclic) bond motifs is 1. The van der Waals surface area contributed by atoms with Crippen molar-refractivity contribution < 1.29 is 31.1 Å². The third kappa shape index (κ3) is 3.53. The predicted molar refractivity (Wildman–Crippen MR) is 81.9 cm³/mol. The molecule has 0 amide bonds. The molecule has 3 aromatic rings. The molecule has 27 heavy (non-hydrogen) atoms. The molecule has 0 unspecified atom stereocenters. The average molecular weight is 390 g/mol. The first-order valence-electron chi connectivity index (χ1n) is 7.54. The van der Waals surface area contributed by atoms with Gasteiger partial charge in [-0.25, -0.2) is 18.2 Å². The molecule has 3 heterocycles. The van der Waals surface area contributed by atoms with E-state index in [4.69, 9.17) is 0 Å². The van der Waals surface area contributed by atoms with Crippen LogP contribution in [0.2, 0.25) is 0 Å². The van der Waals surface area contributed by atoms with Crippen LogP contribution in [0.15, 0.2) is 30.6 Å². The number of aromatic nitrogens is 4.